The minimum Gasteiger partial charge on any atom is -0.390 e. The number of rotatable bonds is 1. The van der Waals surface area contributed by atoms with E-state index in [9.17, 15) is 10.2 Å². The lowest BCUT2D eigenvalue weighted by Gasteiger charge is -2.28. The largest absolute Gasteiger partial charge is 0.390 e. The molecule has 2 rings (SSSR count). The first-order chi connectivity index (χ1) is 5.24. The molecule has 12 heavy (non-hydrogen) atoms. The van der Waals surface area contributed by atoms with Gasteiger partial charge in [-0.25, -0.2) is 0 Å². The third-order valence-electron chi connectivity index (χ3n) is 3.36. The second kappa shape index (κ2) is 3.50. The van der Waals surface area contributed by atoms with E-state index in [0.29, 0.717) is 18.4 Å². The Labute approximate surface area is 78.4 Å². The van der Waals surface area contributed by atoms with Crippen LogP contribution in [0.25, 0.3) is 0 Å². The molecule has 0 aromatic rings. The third-order valence-corrected chi connectivity index (χ3v) is 3.36. The topological polar surface area (TPSA) is 66.5 Å². The van der Waals surface area contributed by atoms with Gasteiger partial charge in [0.2, 0.25) is 0 Å². The van der Waals surface area contributed by atoms with Crippen LogP contribution in [0.15, 0.2) is 0 Å². The molecule has 2 fully saturated rings. The minimum absolute atomic E-state index is 0. The van der Waals surface area contributed by atoms with Gasteiger partial charge in [-0.15, -0.1) is 12.4 Å². The van der Waals surface area contributed by atoms with E-state index in [1.54, 1.807) is 0 Å². The van der Waals surface area contributed by atoms with Gasteiger partial charge < -0.3 is 15.9 Å². The number of aliphatic hydroxyl groups excluding tert-OH is 2. The van der Waals surface area contributed by atoms with E-state index in [-0.39, 0.29) is 18.3 Å². The standard InChI is InChI=1S/C8H15NO2.ClH/c9-3-5-1-4-2-6(5)8(11)7(4)10;/h4-8,10-11H,1-3,9H2;1H. The van der Waals surface area contributed by atoms with Gasteiger partial charge in [-0.2, -0.15) is 0 Å². The minimum atomic E-state index is -0.498. The number of hydrogen-bond donors (Lipinski definition) is 3. The maximum absolute atomic E-state index is 9.48. The van der Waals surface area contributed by atoms with Crippen molar-refractivity contribution in [1.29, 1.82) is 0 Å². The van der Waals surface area contributed by atoms with Crippen molar-refractivity contribution in [1.82, 2.24) is 0 Å². The van der Waals surface area contributed by atoms with Gasteiger partial charge in [0.25, 0.3) is 0 Å². The Hall–Kier alpha value is 0.170. The second-order valence-electron chi connectivity index (χ2n) is 3.87. The van der Waals surface area contributed by atoms with Gasteiger partial charge in [0, 0.05) is 0 Å². The Morgan fingerprint density at radius 3 is 2.25 bits per heavy atom. The second-order valence-corrected chi connectivity index (χ2v) is 3.87. The maximum Gasteiger partial charge on any atom is 0.0833 e. The molecule has 0 aromatic heterocycles. The monoisotopic (exact) mass is 193 g/mol. The lowest BCUT2D eigenvalue weighted by molar-refractivity contribution is -0.0322. The zero-order chi connectivity index (χ0) is 8.01. The molecular weight excluding hydrogens is 178 g/mol. The molecule has 2 bridgehead atoms. The average molecular weight is 194 g/mol. The highest BCUT2D eigenvalue weighted by Crippen LogP contribution is 2.47. The fourth-order valence-electron chi connectivity index (χ4n) is 2.70. The Balaban J connectivity index is 0.000000720. The molecule has 5 atom stereocenters. The van der Waals surface area contributed by atoms with E-state index in [2.05, 4.69) is 0 Å². The molecule has 72 valence electrons. The summed E-state index contributed by atoms with van der Waals surface area (Å²) in [6, 6.07) is 0. The van der Waals surface area contributed by atoms with Gasteiger partial charge in [-0.1, -0.05) is 0 Å². The molecular formula is C8H16ClNO2. The number of fused-ring (bicyclic) bond motifs is 2. The van der Waals surface area contributed by atoms with E-state index < -0.39 is 12.2 Å². The molecule has 0 saturated heterocycles. The molecule has 4 heteroatoms. The van der Waals surface area contributed by atoms with Crippen LogP contribution >= 0.6 is 12.4 Å². The SMILES string of the molecule is Cl.NCC1CC2CC1C(O)C2O. The van der Waals surface area contributed by atoms with Crippen molar-refractivity contribution in [2.24, 2.45) is 23.5 Å². The van der Waals surface area contributed by atoms with Crippen LogP contribution in [0.5, 0.6) is 0 Å². The van der Waals surface area contributed by atoms with Crippen LogP contribution in [0.2, 0.25) is 0 Å². The summed E-state index contributed by atoms with van der Waals surface area (Å²) in [6.45, 7) is 0.658. The van der Waals surface area contributed by atoms with Gasteiger partial charge in [0.1, 0.15) is 0 Å². The van der Waals surface area contributed by atoms with Gasteiger partial charge in [0.05, 0.1) is 12.2 Å². The Kier molecular flexibility index (Phi) is 2.99. The van der Waals surface area contributed by atoms with Crippen molar-refractivity contribution in [2.45, 2.75) is 25.0 Å². The fraction of sp³-hybridized carbons (Fsp3) is 1.00. The smallest absolute Gasteiger partial charge is 0.0833 e. The molecule has 2 saturated carbocycles. The molecule has 0 heterocycles. The van der Waals surface area contributed by atoms with Crippen molar-refractivity contribution in [2.75, 3.05) is 6.54 Å². The Bertz CT molecular complexity index is 161. The van der Waals surface area contributed by atoms with Crippen molar-refractivity contribution < 1.29 is 10.2 Å². The van der Waals surface area contributed by atoms with Gasteiger partial charge in [-0.05, 0) is 37.1 Å². The van der Waals surface area contributed by atoms with Gasteiger partial charge >= 0.3 is 0 Å². The van der Waals surface area contributed by atoms with Gasteiger partial charge in [0.15, 0.2) is 0 Å². The third kappa shape index (κ3) is 1.25. The normalized spacial score (nSPS) is 50.8. The predicted octanol–water partition coefficient (Wildman–Crippen LogP) is -0.255. The van der Waals surface area contributed by atoms with Crippen LogP contribution in [0.1, 0.15) is 12.8 Å². The zero-order valence-corrected chi connectivity index (χ0v) is 7.70. The summed E-state index contributed by atoms with van der Waals surface area (Å²) in [4.78, 5) is 0. The summed E-state index contributed by atoms with van der Waals surface area (Å²) < 4.78 is 0. The van der Waals surface area contributed by atoms with E-state index in [1.807, 2.05) is 0 Å². The first-order valence-electron chi connectivity index (χ1n) is 4.30. The van der Waals surface area contributed by atoms with E-state index >= 15 is 0 Å². The molecule has 2 aliphatic carbocycles. The quantitative estimate of drug-likeness (QED) is 0.538. The van der Waals surface area contributed by atoms with Crippen molar-refractivity contribution in [3.63, 3.8) is 0 Å². The van der Waals surface area contributed by atoms with Crippen LogP contribution < -0.4 is 5.73 Å². The molecule has 2 aliphatic rings. The molecule has 0 radical (unpaired) electrons. The summed E-state index contributed by atoms with van der Waals surface area (Å²) >= 11 is 0. The molecule has 0 aromatic carbocycles. The van der Waals surface area contributed by atoms with Crippen molar-refractivity contribution in [3.05, 3.63) is 0 Å². The maximum atomic E-state index is 9.48. The highest BCUT2D eigenvalue weighted by Gasteiger charge is 2.50. The van der Waals surface area contributed by atoms with E-state index in [1.165, 1.54) is 0 Å². The number of aliphatic hydroxyl groups is 2. The lowest BCUT2D eigenvalue weighted by Crippen LogP contribution is -2.38. The van der Waals surface area contributed by atoms with Crippen molar-refractivity contribution in [3.8, 4) is 0 Å². The molecule has 0 spiro atoms. The predicted molar refractivity (Wildman–Crippen MR) is 48.0 cm³/mol. The molecule has 3 nitrogen and oxygen atoms in total. The summed E-state index contributed by atoms with van der Waals surface area (Å²) in [5, 5.41) is 18.9. The molecule has 0 aliphatic heterocycles. The number of hydrogen-bond acceptors (Lipinski definition) is 3. The molecule has 0 amide bonds. The molecule has 5 unspecified atom stereocenters. The van der Waals surface area contributed by atoms with Crippen LogP contribution in [0.4, 0.5) is 0 Å². The summed E-state index contributed by atoms with van der Waals surface area (Å²) in [6.07, 6.45) is 1.02. The number of nitrogens with two attached hydrogens (primary N) is 1. The van der Waals surface area contributed by atoms with E-state index in [4.69, 9.17) is 5.73 Å². The summed E-state index contributed by atoms with van der Waals surface area (Å²) in [5.74, 6) is 1.06. The highest BCUT2D eigenvalue weighted by atomic mass is 35.5. The fourth-order valence-corrected chi connectivity index (χ4v) is 2.70. The first kappa shape index (κ1) is 10.3. The van der Waals surface area contributed by atoms with Crippen LogP contribution in [-0.4, -0.2) is 29.0 Å². The Morgan fingerprint density at radius 2 is 1.83 bits per heavy atom. The lowest BCUT2D eigenvalue weighted by atomic mass is 9.85. The van der Waals surface area contributed by atoms with Crippen LogP contribution in [0.3, 0.4) is 0 Å². The van der Waals surface area contributed by atoms with Crippen LogP contribution in [0, 0.1) is 17.8 Å². The van der Waals surface area contributed by atoms with Crippen LogP contribution in [-0.2, 0) is 0 Å². The number of halogens is 1. The van der Waals surface area contributed by atoms with Gasteiger partial charge in [-0.3, -0.25) is 0 Å². The van der Waals surface area contributed by atoms with E-state index in [0.717, 1.165) is 12.8 Å². The average Bonchev–Trinajstić information content (AvgIpc) is 2.53. The summed E-state index contributed by atoms with van der Waals surface area (Å²) in [5.41, 5.74) is 5.54. The first-order valence-corrected chi connectivity index (χ1v) is 4.30. The zero-order valence-electron chi connectivity index (χ0n) is 6.89. The Morgan fingerprint density at radius 1 is 1.17 bits per heavy atom. The van der Waals surface area contributed by atoms with Crippen molar-refractivity contribution >= 4 is 12.4 Å². The molecule has 4 N–H and O–H groups in total. The summed E-state index contributed by atoms with van der Waals surface area (Å²) in [7, 11) is 0. The highest BCUT2D eigenvalue weighted by molar-refractivity contribution is 5.85.